The third-order valence-electron chi connectivity index (χ3n) is 9.14. The van der Waals surface area contributed by atoms with E-state index < -0.39 is 0 Å². The summed E-state index contributed by atoms with van der Waals surface area (Å²) >= 11 is 6.47. The van der Waals surface area contributed by atoms with E-state index in [-0.39, 0.29) is 0 Å². The molecule has 0 N–H and O–H groups in total. The highest BCUT2D eigenvalue weighted by Gasteiger charge is 2.31. The zero-order valence-electron chi connectivity index (χ0n) is 21.8. The van der Waals surface area contributed by atoms with Crippen LogP contribution in [0, 0.1) is 17.8 Å². The Morgan fingerprint density at radius 1 is 0.606 bits per heavy atom. The lowest BCUT2D eigenvalue weighted by Crippen LogP contribution is -2.25. The summed E-state index contributed by atoms with van der Waals surface area (Å²) in [5.74, 6) is 3.77. The van der Waals surface area contributed by atoms with Gasteiger partial charge in [-0.1, -0.05) is 133 Å². The molecule has 3 rings (SSSR count). The van der Waals surface area contributed by atoms with Crippen LogP contribution in [0.1, 0.15) is 153 Å². The quantitative estimate of drug-likeness (QED) is 0.222. The van der Waals surface area contributed by atoms with Crippen molar-refractivity contribution < 1.29 is 0 Å². The Kier molecular flexibility index (Phi) is 13.3. The van der Waals surface area contributed by atoms with Crippen LogP contribution in [0.4, 0.5) is 0 Å². The lowest BCUT2D eigenvalue weighted by atomic mass is 9.68. The van der Waals surface area contributed by atoms with Crippen LogP contribution in [-0.2, 0) is 0 Å². The SMILES string of the molecule is CCCCCCCCCCCCCCC1CCC(C2CCC(c3ccccc3Cl)CC2)CC1. The molecule has 0 aliphatic heterocycles. The van der Waals surface area contributed by atoms with Crippen molar-refractivity contribution in [3.8, 4) is 0 Å². The summed E-state index contributed by atoms with van der Waals surface area (Å²) in [6.45, 7) is 2.31. The van der Waals surface area contributed by atoms with Gasteiger partial charge < -0.3 is 0 Å². The molecular weight excluding hydrogens is 420 g/mol. The molecule has 0 radical (unpaired) electrons. The molecule has 2 aliphatic rings. The molecule has 0 amide bonds. The Balaban J connectivity index is 1.17. The molecule has 0 atom stereocenters. The molecule has 188 valence electrons. The minimum absolute atomic E-state index is 0.706. The van der Waals surface area contributed by atoms with Gasteiger partial charge in [-0.05, 0) is 73.8 Å². The minimum atomic E-state index is 0.706. The Bertz CT molecular complexity index is 607. The molecule has 33 heavy (non-hydrogen) atoms. The van der Waals surface area contributed by atoms with Gasteiger partial charge in [0.15, 0.2) is 0 Å². The zero-order chi connectivity index (χ0) is 23.1. The molecule has 2 saturated carbocycles. The predicted molar refractivity (Wildman–Crippen MR) is 147 cm³/mol. The molecule has 0 bridgehead atoms. The molecular formula is C32H53Cl. The lowest BCUT2D eigenvalue weighted by molar-refractivity contribution is 0.155. The average molecular weight is 473 g/mol. The molecule has 0 saturated heterocycles. The van der Waals surface area contributed by atoms with Gasteiger partial charge in [0.2, 0.25) is 0 Å². The van der Waals surface area contributed by atoms with E-state index in [0.29, 0.717) is 5.92 Å². The van der Waals surface area contributed by atoms with E-state index in [4.69, 9.17) is 11.6 Å². The van der Waals surface area contributed by atoms with Crippen LogP contribution in [0.3, 0.4) is 0 Å². The van der Waals surface area contributed by atoms with E-state index in [9.17, 15) is 0 Å². The molecule has 0 spiro atoms. The average Bonchev–Trinajstić information content (AvgIpc) is 2.85. The summed E-state index contributed by atoms with van der Waals surface area (Å²) in [6, 6.07) is 8.55. The highest BCUT2D eigenvalue weighted by Crippen LogP contribution is 2.45. The van der Waals surface area contributed by atoms with E-state index >= 15 is 0 Å². The maximum Gasteiger partial charge on any atom is 0.0440 e. The first-order valence-corrected chi connectivity index (χ1v) is 15.4. The highest BCUT2D eigenvalue weighted by molar-refractivity contribution is 6.31. The van der Waals surface area contributed by atoms with Crippen molar-refractivity contribution in [3.63, 3.8) is 0 Å². The van der Waals surface area contributed by atoms with Crippen molar-refractivity contribution in [2.45, 2.75) is 148 Å². The van der Waals surface area contributed by atoms with Gasteiger partial charge in [-0.15, -0.1) is 0 Å². The van der Waals surface area contributed by atoms with E-state index in [2.05, 4.69) is 31.2 Å². The van der Waals surface area contributed by atoms with Crippen LogP contribution >= 0.6 is 11.6 Å². The number of rotatable bonds is 15. The monoisotopic (exact) mass is 472 g/mol. The molecule has 2 aliphatic carbocycles. The predicted octanol–water partition coefficient (Wildman–Crippen LogP) is 11.5. The van der Waals surface area contributed by atoms with E-state index in [1.165, 1.54) is 140 Å². The number of benzene rings is 1. The minimum Gasteiger partial charge on any atom is -0.0840 e. The van der Waals surface area contributed by atoms with Gasteiger partial charge in [0, 0.05) is 5.02 Å². The summed E-state index contributed by atoms with van der Waals surface area (Å²) in [6.07, 6.45) is 30.8. The normalized spacial score (nSPS) is 25.9. The number of halogens is 1. The fourth-order valence-electron chi connectivity index (χ4n) is 6.93. The molecule has 1 heteroatoms. The summed E-state index contributed by atoms with van der Waals surface area (Å²) in [7, 11) is 0. The second-order valence-corrected chi connectivity index (χ2v) is 12.0. The Labute approximate surface area is 211 Å². The first-order chi connectivity index (χ1) is 16.3. The molecule has 1 aromatic rings. The van der Waals surface area contributed by atoms with Crippen molar-refractivity contribution in [2.75, 3.05) is 0 Å². The van der Waals surface area contributed by atoms with Crippen LogP contribution in [-0.4, -0.2) is 0 Å². The molecule has 2 fully saturated rings. The number of hydrogen-bond acceptors (Lipinski definition) is 0. The van der Waals surface area contributed by atoms with Gasteiger partial charge in [0.1, 0.15) is 0 Å². The van der Waals surface area contributed by atoms with Crippen LogP contribution in [0.5, 0.6) is 0 Å². The Morgan fingerprint density at radius 2 is 1.09 bits per heavy atom. The van der Waals surface area contributed by atoms with Gasteiger partial charge in [-0.3, -0.25) is 0 Å². The van der Waals surface area contributed by atoms with Gasteiger partial charge in [-0.25, -0.2) is 0 Å². The maximum atomic E-state index is 6.47. The third-order valence-corrected chi connectivity index (χ3v) is 9.49. The van der Waals surface area contributed by atoms with Crippen LogP contribution in [0.2, 0.25) is 5.02 Å². The maximum absolute atomic E-state index is 6.47. The second-order valence-electron chi connectivity index (χ2n) is 11.6. The van der Waals surface area contributed by atoms with Gasteiger partial charge in [0.05, 0.1) is 0 Å². The van der Waals surface area contributed by atoms with Crippen LogP contribution in [0.25, 0.3) is 0 Å². The van der Waals surface area contributed by atoms with Gasteiger partial charge in [0.25, 0.3) is 0 Å². The Morgan fingerprint density at radius 3 is 1.64 bits per heavy atom. The first-order valence-electron chi connectivity index (χ1n) is 15.0. The molecule has 0 nitrogen and oxygen atoms in total. The molecule has 1 aromatic carbocycles. The number of hydrogen-bond donors (Lipinski definition) is 0. The smallest absolute Gasteiger partial charge is 0.0440 e. The van der Waals surface area contributed by atoms with E-state index in [0.717, 1.165) is 22.8 Å². The fraction of sp³-hybridized carbons (Fsp3) is 0.812. The summed E-state index contributed by atoms with van der Waals surface area (Å²) in [5, 5.41) is 0.985. The van der Waals surface area contributed by atoms with Crippen molar-refractivity contribution in [1.29, 1.82) is 0 Å². The van der Waals surface area contributed by atoms with Crippen molar-refractivity contribution >= 4 is 11.6 Å². The van der Waals surface area contributed by atoms with Crippen molar-refractivity contribution in [1.82, 2.24) is 0 Å². The van der Waals surface area contributed by atoms with E-state index in [1.807, 2.05) is 0 Å². The van der Waals surface area contributed by atoms with Crippen LogP contribution in [0.15, 0.2) is 24.3 Å². The summed E-state index contributed by atoms with van der Waals surface area (Å²) in [5.41, 5.74) is 1.41. The molecule has 0 heterocycles. The van der Waals surface area contributed by atoms with E-state index in [1.54, 1.807) is 0 Å². The highest BCUT2D eigenvalue weighted by atomic mass is 35.5. The van der Waals surface area contributed by atoms with Gasteiger partial charge in [-0.2, -0.15) is 0 Å². The first kappa shape index (κ1) is 27.1. The van der Waals surface area contributed by atoms with Crippen LogP contribution < -0.4 is 0 Å². The summed E-state index contributed by atoms with van der Waals surface area (Å²) in [4.78, 5) is 0. The number of unbranched alkanes of at least 4 members (excludes halogenated alkanes) is 11. The molecule has 0 aromatic heterocycles. The topological polar surface area (TPSA) is 0 Å². The standard InChI is InChI=1S/C32H53Cl/c1-2-3-4-5-6-7-8-9-10-11-12-13-16-27-19-21-28(22-20-27)29-23-25-30(26-24-29)31-17-14-15-18-32(31)33/h14-15,17-18,27-30H,2-13,16,19-26H2,1H3. The third kappa shape index (κ3) is 9.95. The van der Waals surface area contributed by atoms with Crippen molar-refractivity contribution in [3.05, 3.63) is 34.9 Å². The second kappa shape index (κ2) is 16.2. The van der Waals surface area contributed by atoms with Gasteiger partial charge >= 0.3 is 0 Å². The van der Waals surface area contributed by atoms with Crippen molar-refractivity contribution in [2.24, 2.45) is 17.8 Å². The lowest BCUT2D eigenvalue weighted by Gasteiger charge is -2.38. The largest absolute Gasteiger partial charge is 0.0840 e. The fourth-order valence-corrected chi connectivity index (χ4v) is 7.22. The summed E-state index contributed by atoms with van der Waals surface area (Å²) < 4.78 is 0. The molecule has 0 unspecified atom stereocenters. The zero-order valence-corrected chi connectivity index (χ0v) is 22.6. The Hall–Kier alpha value is -0.490.